The van der Waals surface area contributed by atoms with Crippen molar-refractivity contribution in [3.8, 4) is 5.75 Å². The number of carbonyl (C=O) groups is 1. The molecular formula is C16H23ClN2O5S. The van der Waals surface area contributed by atoms with Gasteiger partial charge in [0.05, 0.1) is 28.7 Å². The Labute approximate surface area is 153 Å². The van der Waals surface area contributed by atoms with Gasteiger partial charge in [-0.2, -0.15) is 4.72 Å². The molecule has 1 heterocycles. The molecule has 2 N–H and O–H groups in total. The van der Waals surface area contributed by atoms with E-state index < -0.39 is 22.0 Å². The van der Waals surface area contributed by atoms with Crippen LogP contribution in [0.5, 0.6) is 5.75 Å². The predicted molar refractivity (Wildman–Crippen MR) is 94.4 cm³/mol. The van der Waals surface area contributed by atoms with Gasteiger partial charge in [0.1, 0.15) is 5.75 Å². The van der Waals surface area contributed by atoms with Crippen LogP contribution in [0.2, 0.25) is 5.02 Å². The first-order valence-corrected chi connectivity index (χ1v) is 10.0. The summed E-state index contributed by atoms with van der Waals surface area (Å²) in [5.74, 6) is 0.00146. The number of amides is 1. The molecule has 9 heteroatoms. The number of sulfonamides is 1. The number of benzene rings is 1. The number of nitrogens with one attached hydrogen (secondary N) is 2. The Morgan fingerprint density at radius 2 is 2.24 bits per heavy atom. The van der Waals surface area contributed by atoms with Crippen molar-refractivity contribution in [3.05, 3.63) is 23.2 Å². The highest BCUT2D eigenvalue weighted by molar-refractivity contribution is 7.89. The lowest BCUT2D eigenvalue weighted by Gasteiger charge is -2.16. The normalized spacial score (nSPS) is 18.8. The van der Waals surface area contributed by atoms with E-state index in [1.165, 1.54) is 25.1 Å². The summed E-state index contributed by atoms with van der Waals surface area (Å²) in [5, 5.41) is 2.89. The van der Waals surface area contributed by atoms with Crippen LogP contribution >= 0.6 is 11.6 Å². The minimum absolute atomic E-state index is 0.00215. The molecule has 1 amide bonds. The van der Waals surface area contributed by atoms with Gasteiger partial charge in [-0.05, 0) is 44.9 Å². The van der Waals surface area contributed by atoms with Gasteiger partial charge in [-0.1, -0.05) is 11.6 Å². The first-order valence-electron chi connectivity index (χ1n) is 8.17. The van der Waals surface area contributed by atoms with Crippen molar-refractivity contribution in [1.29, 1.82) is 0 Å². The van der Waals surface area contributed by atoms with Crippen molar-refractivity contribution >= 4 is 27.5 Å². The minimum Gasteiger partial charge on any atom is -0.492 e. The van der Waals surface area contributed by atoms with Gasteiger partial charge in [0, 0.05) is 13.2 Å². The molecule has 7 nitrogen and oxygen atoms in total. The molecule has 2 rings (SSSR count). The average molecular weight is 391 g/mol. The van der Waals surface area contributed by atoms with Crippen LogP contribution in [-0.2, 0) is 19.6 Å². The molecule has 2 atom stereocenters. The Kier molecular flexibility index (Phi) is 7.06. The second-order valence-electron chi connectivity index (χ2n) is 5.75. The first-order chi connectivity index (χ1) is 11.8. The van der Waals surface area contributed by atoms with Crippen LogP contribution in [0.3, 0.4) is 0 Å². The summed E-state index contributed by atoms with van der Waals surface area (Å²) >= 11 is 6.03. The summed E-state index contributed by atoms with van der Waals surface area (Å²) in [6, 6.07) is 3.25. The van der Waals surface area contributed by atoms with Crippen LogP contribution in [0.15, 0.2) is 23.1 Å². The number of halogens is 1. The molecule has 0 aliphatic carbocycles. The fraction of sp³-hybridized carbons (Fsp3) is 0.562. The molecule has 1 aromatic carbocycles. The number of rotatable bonds is 8. The van der Waals surface area contributed by atoms with Crippen LogP contribution < -0.4 is 14.8 Å². The molecule has 0 aromatic heterocycles. The topological polar surface area (TPSA) is 93.7 Å². The SMILES string of the molecule is CCOc1ccc(S(=O)(=O)N[C@H](C)C(=O)NC[C@@H]2CCCO2)cc1Cl. The highest BCUT2D eigenvalue weighted by Crippen LogP contribution is 2.27. The fourth-order valence-corrected chi connectivity index (χ4v) is 3.98. The Morgan fingerprint density at radius 1 is 1.48 bits per heavy atom. The van der Waals surface area contributed by atoms with E-state index in [1.807, 2.05) is 0 Å². The van der Waals surface area contributed by atoms with Gasteiger partial charge in [-0.15, -0.1) is 0 Å². The first kappa shape index (κ1) is 20.0. The zero-order valence-corrected chi connectivity index (χ0v) is 15.8. The van der Waals surface area contributed by atoms with Crippen molar-refractivity contribution in [1.82, 2.24) is 10.0 Å². The number of ether oxygens (including phenoxy) is 2. The molecule has 0 spiro atoms. The monoisotopic (exact) mass is 390 g/mol. The third-order valence-electron chi connectivity index (χ3n) is 3.77. The van der Waals surface area contributed by atoms with Crippen LogP contribution in [0.25, 0.3) is 0 Å². The Bertz CT molecular complexity index is 704. The number of hydrogen-bond acceptors (Lipinski definition) is 5. The molecule has 0 saturated carbocycles. The highest BCUT2D eigenvalue weighted by Gasteiger charge is 2.24. The summed E-state index contributed by atoms with van der Waals surface area (Å²) in [6.45, 7) is 4.78. The van der Waals surface area contributed by atoms with E-state index in [4.69, 9.17) is 21.1 Å². The fourth-order valence-electron chi connectivity index (χ4n) is 2.45. The average Bonchev–Trinajstić information content (AvgIpc) is 3.07. The van der Waals surface area contributed by atoms with Crippen molar-refractivity contribution in [2.45, 2.75) is 43.7 Å². The highest BCUT2D eigenvalue weighted by atomic mass is 35.5. The van der Waals surface area contributed by atoms with Crippen molar-refractivity contribution < 1.29 is 22.7 Å². The molecule has 1 aromatic rings. The molecule has 0 unspecified atom stereocenters. The van der Waals surface area contributed by atoms with Gasteiger partial charge in [0.25, 0.3) is 0 Å². The summed E-state index contributed by atoms with van der Waals surface area (Å²) in [6.07, 6.45) is 1.87. The maximum absolute atomic E-state index is 12.4. The zero-order valence-electron chi connectivity index (χ0n) is 14.2. The second kappa shape index (κ2) is 8.84. The van der Waals surface area contributed by atoms with Crippen molar-refractivity contribution in [2.24, 2.45) is 0 Å². The maximum Gasteiger partial charge on any atom is 0.241 e. The van der Waals surface area contributed by atoms with Crippen LogP contribution in [0.4, 0.5) is 0 Å². The van der Waals surface area contributed by atoms with Gasteiger partial charge < -0.3 is 14.8 Å². The number of hydrogen-bond donors (Lipinski definition) is 2. The summed E-state index contributed by atoms with van der Waals surface area (Å²) in [5.41, 5.74) is 0. The Morgan fingerprint density at radius 3 is 2.84 bits per heavy atom. The van der Waals surface area contributed by atoms with E-state index in [0.29, 0.717) is 25.5 Å². The Balaban J connectivity index is 1.96. The van der Waals surface area contributed by atoms with E-state index in [9.17, 15) is 13.2 Å². The summed E-state index contributed by atoms with van der Waals surface area (Å²) in [4.78, 5) is 12.0. The van der Waals surface area contributed by atoms with E-state index in [-0.39, 0.29) is 16.0 Å². The van der Waals surface area contributed by atoms with Gasteiger partial charge in [0.15, 0.2) is 0 Å². The van der Waals surface area contributed by atoms with E-state index >= 15 is 0 Å². The molecule has 1 aliphatic heterocycles. The lowest BCUT2D eigenvalue weighted by Crippen LogP contribution is -2.46. The summed E-state index contributed by atoms with van der Waals surface area (Å²) in [7, 11) is -3.88. The molecule has 25 heavy (non-hydrogen) atoms. The van der Waals surface area contributed by atoms with E-state index in [2.05, 4.69) is 10.0 Å². The second-order valence-corrected chi connectivity index (χ2v) is 7.87. The predicted octanol–water partition coefficient (Wildman–Crippen LogP) is 1.70. The van der Waals surface area contributed by atoms with Gasteiger partial charge in [0.2, 0.25) is 15.9 Å². The third-order valence-corrected chi connectivity index (χ3v) is 5.60. The molecular weight excluding hydrogens is 368 g/mol. The van der Waals surface area contributed by atoms with E-state index in [1.54, 1.807) is 6.92 Å². The lowest BCUT2D eigenvalue weighted by molar-refractivity contribution is -0.122. The molecule has 1 fully saturated rings. The van der Waals surface area contributed by atoms with Gasteiger partial charge in [-0.25, -0.2) is 8.42 Å². The minimum atomic E-state index is -3.88. The molecule has 1 saturated heterocycles. The Hall–Kier alpha value is -1.35. The van der Waals surface area contributed by atoms with Crippen molar-refractivity contribution in [2.75, 3.05) is 19.8 Å². The summed E-state index contributed by atoms with van der Waals surface area (Å²) < 4.78 is 37.9. The standard InChI is InChI=1S/C16H23ClN2O5S/c1-3-23-15-7-6-13(9-14(15)17)25(21,22)19-11(2)16(20)18-10-12-5-4-8-24-12/h6-7,9,11-12,19H,3-5,8,10H2,1-2H3,(H,18,20)/t11-,12+/m1/s1. The van der Waals surface area contributed by atoms with Gasteiger partial charge in [-0.3, -0.25) is 4.79 Å². The van der Waals surface area contributed by atoms with Crippen LogP contribution in [0, 0.1) is 0 Å². The third kappa shape index (κ3) is 5.57. The molecule has 0 bridgehead atoms. The smallest absolute Gasteiger partial charge is 0.241 e. The van der Waals surface area contributed by atoms with Gasteiger partial charge >= 0.3 is 0 Å². The molecule has 1 aliphatic rings. The largest absolute Gasteiger partial charge is 0.492 e. The zero-order chi connectivity index (χ0) is 18.4. The molecule has 0 radical (unpaired) electrons. The quantitative estimate of drug-likeness (QED) is 0.704. The molecule has 140 valence electrons. The maximum atomic E-state index is 12.4. The van der Waals surface area contributed by atoms with Crippen molar-refractivity contribution in [3.63, 3.8) is 0 Å². The number of carbonyl (C=O) groups excluding carboxylic acids is 1. The van der Waals surface area contributed by atoms with Crippen LogP contribution in [-0.4, -0.2) is 46.2 Å². The van der Waals surface area contributed by atoms with Crippen LogP contribution in [0.1, 0.15) is 26.7 Å². The van der Waals surface area contributed by atoms with E-state index in [0.717, 1.165) is 12.8 Å². The lowest BCUT2D eigenvalue weighted by atomic mass is 10.2.